The van der Waals surface area contributed by atoms with Crippen molar-refractivity contribution in [1.82, 2.24) is 0 Å². The molecule has 0 aromatic heterocycles. The zero-order valence-corrected chi connectivity index (χ0v) is 15.4. The van der Waals surface area contributed by atoms with Gasteiger partial charge in [0.2, 0.25) is 0 Å². The molecule has 0 rings (SSSR count). The highest BCUT2D eigenvalue weighted by atomic mass is 16.5. The zero-order chi connectivity index (χ0) is 17.9. The molecule has 0 heterocycles. The Kier molecular flexibility index (Phi) is 10.6. The molecule has 0 saturated heterocycles. The molecule has 0 aliphatic rings. The van der Waals surface area contributed by atoms with Gasteiger partial charge in [-0.05, 0) is 37.0 Å². The first-order valence-electron chi connectivity index (χ1n) is 8.53. The number of aliphatic hydroxyl groups is 1. The van der Waals surface area contributed by atoms with Crippen LogP contribution in [0.1, 0.15) is 59.8 Å². The molecule has 0 aromatic rings. The van der Waals surface area contributed by atoms with Gasteiger partial charge in [-0.1, -0.05) is 39.7 Å². The van der Waals surface area contributed by atoms with Crippen molar-refractivity contribution in [2.75, 3.05) is 13.7 Å². The molecule has 0 amide bonds. The summed E-state index contributed by atoms with van der Waals surface area (Å²) in [5, 5.41) is 18.8. The molecule has 3 nitrogen and oxygen atoms in total. The molecular formula is C20H33NO2. The second-order valence-corrected chi connectivity index (χ2v) is 6.97. The lowest BCUT2D eigenvalue weighted by atomic mass is 9.67. The van der Waals surface area contributed by atoms with Crippen LogP contribution in [0.5, 0.6) is 0 Å². The minimum atomic E-state index is -0.136. The summed E-state index contributed by atoms with van der Waals surface area (Å²) in [7, 11) is 1.72. The monoisotopic (exact) mass is 319 g/mol. The lowest BCUT2D eigenvalue weighted by Gasteiger charge is -2.41. The van der Waals surface area contributed by atoms with Crippen molar-refractivity contribution in [3.05, 3.63) is 11.6 Å². The summed E-state index contributed by atoms with van der Waals surface area (Å²) in [5.41, 5.74) is 0.465. The van der Waals surface area contributed by atoms with Crippen LogP contribution in [0.3, 0.4) is 0 Å². The van der Waals surface area contributed by atoms with E-state index in [9.17, 15) is 10.4 Å². The Bertz CT molecular complexity index is 442. The van der Waals surface area contributed by atoms with Crippen LogP contribution in [0.15, 0.2) is 11.6 Å². The highest BCUT2D eigenvalue weighted by molar-refractivity contribution is 5.27. The summed E-state index contributed by atoms with van der Waals surface area (Å²) in [6, 6.07) is 2.19. The number of rotatable bonds is 11. The summed E-state index contributed by atoms with van der Waals surface area (Å²) < 4.78 is 5.64. The standard InChI is InChI=1S/C20H33NO2/c1-7-9-18(15-21)14-19(11-13-22)20(5,17(4)23-6)12-8-10-16(2)3/h1,14,16-17,19,22H,8-13H2,2-6H3/b18-14+/t17?,19?,20-/m1/s1. The lowest BCUT2D eigenvalue weighted by Crippen LogP contribution is -2.39. The summed E-state index contributed by atoms with van der Waals surface area (Å²) in [6.07, 6.45) is 11.6. The second-order valence-electron chi connectivity index (χ2n) is 6.97. The van der Waals surface area contributed by atoms with Gasteiger partial charge in [-0.25, -0.2) is 0 Å². The molecule has 23 heavy (non-hydrogen) atoms. The fourth-order valence-electron chi connectivity index (χ4n) is 3.08. The highest BCUT2D eigenvalue weighted by Crippen LogP contribution is 2.41. The number of nitriles is 1. The zero-order valence-electron chi connectivity index (χ0n) is 15.4. The van der Waals surface area contributed by atoms with E-state index in [0.717, 1.165) is 19.3 Å². The van der Waals surface area contributed by atoms with E-state index in [1.54, 1.807) is 7.11 Å². The normalized spacial score (nSPS) is 17.2. The Morgan fingerprint density at radius 3 is 2.43 bits per heavy atom. The molecule has 0 saturated carbocycles. The number of aliphatic hydroxyl groups excluding tert-OH is 1. The Labute approximate surface area is 142 Å². The van der Waals surface area contributed by atoms with Gasteiger partial charge in [-0.3, -0.25) is 0 Å². The quantitative estimate of drug-likeness (QED) is 0.455. The first-order valence-corrected chi connectivity index (χ1v) is 8.53. The second kappa shape index (κ2) is 11.3. The number of terminal acetylenes is 1. The number of hydrogen-bond acceptors (Lipinski definition) is 3. The smallest absolute Gasteiger partial charge is 0.0954 e. The van der Waals surface area contributed by atoms with Crippen molar-refractivity contribution in [2.24, 2.45) is 17.3 Å². The van der Waals surface area contributed by atoms with E-state index in [0.29, 0.717) is 24.3 Å². The van der Waals surface area contributed by atoms with Crippen molar-refractivity contribution >= 4 is 0 Å². The van der Waals surface area contributed by atoms with Gasteiger partial charge in [-0.2, -0.15) is 5.26 Å². The van der Waals surface area contributed by atoms with Gasteiger partial charge in [-0.15, -0.1) is 12.3 Å². The summed E-state index contributed by atoms with van der Waals surface area (Å²) in [5.74, 6) is 3.27. The molecule has 3 heteroatoms. The van der Waals surface area contributed by atoms with E-state index >= 15 is 0 Å². The Balaban J connectivity index is 5.48. The minimum Gasteiger partial charge on any atom is -0.396 e. The number of hydrogen-bond donors (Lipinski definition) is 1. The maximum absolute atomic E-state index is 9.49. The predicted molar refractivity (Wildman–Crippen MR) is 95.6 cm³/mol. The molecular weight excluding hydrogens is 286 g/mol. The van der Waals surface area contributed by atoms with Gasteiger partial charge in [0.1, 0.15) is 0 Å². The first-order chi connectivity index (χ1) is 10.8. The SMILES string of the molecule is C#CC/C(C#N)=C\C(CCO)[C@](C)(CCCC(C)C)C(C)OC. The largest absolute Gasteiger partial charge is 0.396 e. The van der Waals surface area contributed by atoms with Crippen LogP contribution >= 0.6 is 0 Å². The molecule has 1 N–H and O–H groups in total. The van der Waals surface area contributed by atoms with E-state index in [4.69, 9.17) is 11.2 Å². The molecule has 0 bridgehead atoms. The fourth-order valence-corrected chi connectivity index (χ4v) is 3.08. The van der Waals surface area contributed by atoms with Crippen LogP contribution in [-0.4, -0.2) is 24.9 Å². The van der Waals surface area contributed by atoms with Crippen LogP contribution < -0.4 is 0 Å². The maximum Gasteiger partial charge on any atom is 0.0954 e. The fraction of sp³-hybridized carbons (Fsp3) is 0.750. The van der Waals surface area contributed by atoms with Crippen molar-refractivity contribution in [2.45, 2.75) is 65.9 Å². The van der Waals surface area contributed by atoms with Crippen LogP contribution in [0.25, 0.3) is 0 Å². The Hall–Kier alpha value is -1.29. The molecule has 3 atom stereocenters. The van der Waals surface area contributed by atoms with Gasteiger partial charge in [0.25, 0.3) is 0 Å². The lowest BCUT2D eigenvalue weighted by molar-refractivity contribution is -0.0269. The number of ether oxygens (including phenoxy) is 1. The van der Waals surface area contributed by atoms with Crippen LogP contribution in [-0.2, 0) is 4.74 Å². The summed E-state index contributed by atoms with van der Waals surface area (Å²) in [6.45, 7) is 8.81. The van der Waals surface area contributed by atoms with Gasteiger partial charge >= 0.3 is 0 Å². The van der Waals surface area contributed by atoms with Gasteiger partial charge in [0, 0.05) is 25.7 Å². The van der Waals surface area contributed by atoms with E-state index in [2.05, 4.69) is 39.7 Å². The van der Waals surface area contributed by atoms with Gasteiger partial charge < -0.3 is 9.84 Å². The molecule has 0 aromatic carbocycles. The summed E-state index contributed by atoms with van der Waals surface area (Å²) >= 11 is 0. The average molecular weight is 319 g/mol. The number of allylic oxidation sites excluding steroid dienone is 2. The topological polar surface area (TPSA) is 53.2 Å². The van der Waals surface area contributed by atoms with Crippen molar-refractivity contribution in [3.63, 3.8) is 0 Å². The van der Waals surface area contributed by atoms with Gasteiger partial charge in [0.05, 0.1) is 12.2 Å². The third-order valence-corrected chi connectivity index (χ3v) is 4.90. The third kappa shape index (κ3) is 7.21. The van der Waals surface area contributed by atoms with E-state index in [-0.39, 0.29) is 24.0 Å². The van der Waals surface area contributed by atoms with Crippen LogP contribution in [0.4, 0.5) is 0 Å². The average Bonchev–Trinajstić information content (AvgIpc) is 2.52. The Morgan fingerprint density at radius 1 is 1.35 bits per heavy atom. The van der Waals surface area contributed by atoms with E-state index in [1.165, 1.54) is 0 Å². The molecule has 0 fully saturated rings. The molecule has 0 aliphatic carbocycles. The minimum absolute atomic E-state index is 0.0354. The molecule has 130 valence electrons. The molecule has 0 aliphatic heterocycles. The molecule has 2 unspecified atom stereocenters. The van der Waals surface area contributed by atoms with Crippen molar-refractivity contribution < 1.29 is 9.84 Å². The van der Waals surface area contributed by atoms with Gasteiger partial charge in [0.15, 0.2) is 0 Å². The highest BCUT2D eigenvalue weighted by Gasteiger charge is 2.38. The number of nitrogens with zero attached hydrogens (tertiary/aromatic N) is 1. The van der Waals surface area contributed by atoms with E-state index < -0.39 is 0 Å². The molecule has 0 spiro atoms. The van der Waals surface area contributed by atoms with Crippen molar-refractivity contribution in [3.8, 4) is 18.4 Å². The predicted octanol–water partition coefficient (Wildman–Crippen LogP) is 4.33. The summed E-state index contributed by atoms with van der Waals surface area (Å²) in [4.78, 5) is 0. The number of methoxy groups -OCH3 is 1. The van der Waals surface area contributed by atoms with E-state index in [1.807, 2.05) is 6.08 Å². The van der Waals surface area contributed by atoms with Crippen LogP contribution in [0, 0.1) is 40.9 Å². The third-order valence-electron chi connectivity index (χ3n) is 4.90. The van der Waals surface area contributed by atoms with Crippen molar-refractivity contribution in [1.29, 1.82) is 5.26 Å². The first kappa shape index (κ1) is 21.7. The molecule has 0 radical (unpaired) electrons. The maximum atomic E-state index is 9.49. The Morgan fingerprint density at radius 2 is 2.00 bits per heavy atom. The van der Waals surface area contributed by atoms with Crippen LogP contribution in [0.2, 0.25) is 0 Å².